The zero-order valence-corrected chi connectivity index (χ0v) is 18.7. The van der Waals surface area contributed by atoms with E-state index in [4.69, 9.17) is 5.11 Å². The summed E-state index contributed by atoms with van der Waals surface area (Å²) in [6.45, 7) is 6.31. The molecule has 0 aromatic rings. The van der Waals surface area contributed by atoms with Gasteiger partial charge in [-0.2, -0.15) is 0 Å². The maximum absolute atomic E-state index is 11.3. The highest BCUT2D eigenvalue weighted by atomic mass is 16.6. The average Bonchev–Trinajstić information content (AvgIpc) is 3.03. The lowest BCUT2D eigenvalue weighted by molar-refractivity contribution is -0.369. The molecular formula is C24H40O6. The molecule has 0 heterocycles. The van der Waals surface area contributed by atoms with Gasteiger partial charge in [-0.1, -0.05) is 33.6 Å². The van der Waals surface area contributed by atoms with Gasteiger partial charge in [-0.05, 0) is 91.8 Å². The fourth-order valence-electron chi connectivity index (χ4n) is 8.91. The summed E-state index contributed by atoms with van der Waals surface area (Å²) in [5.74, 6) is -7.16. The van der Waals surface area contributed by atoms with Gasteiger partial charge in [0.1, 0.15) is 0 Å². The molecule has 6 heteroatoms. The van der Waals surface area contributed by atoms with Crippen molar-refractivity contribution < 1.29 is 30.3 Å². The van der Waals surface area contributed by atoms with Crippen LogP contribution in [-0.2, 0) is 4.79 Å². The van der Waals surface area contributed by atoms with Crippen molar-refractivity contribution in [3.05, 3.63) is 0 Å². The Labute approximate surface area is 179 Å². The topological polar surface area (TPSA) is 118 Å². The maximum Gasteiger partial charge on any atom is 0.370 e. The molecule has 4 aliphatic rings. The van der Waals surface area contributed by atoms with Crippen LogP contribution in [0.25, 0.3) is 0 Å². The van der Waals surface area contributed by atoms with Gasteiger partial charge in [0.25, 0.3) is 0 Å². The summed E-state index contributed by atoms with van der Waals surface area (Å²) >= 11 is 0. The number of hydrogen-bond acceptors (Lipinski definition) is 5. The van der Waals surface area contributed by atoms with Crippen LogP contribution in [-0.4, -0.2) is 43.1 Å². The predicted octanol–water partition coefficient (Wildman–Crippen LogP) is 3.12. The SMILES string of the molecule is CC([C@H]1CC[C@H]2[C@@H]3CCC4CCCC[C@]4(C)[C@H]3CC[C@]12C)C(O)(O)C(O)(O)C(=O)O. The molecule has 0 spiro atoms. The minimum atomic E-state index is -3.59. The van der Waals surface area contributed by atoms with E-state index in [1.54, 1.807) is 6.92 Å². The van der Waals surface area contributed by atoms with E-state index < -0.39 is 23.5 Å². The van der Waals surface area contributed by atoms with E-state index in [1.165, 1.54) is 38.5 Å². The highest BCUT2D eigenvalue weighted by molar-refractivity contribution is 5.76. The Hall–Kier alpha value is -0.690. The van der Waals surface area contributed by atoms with E-state index in [2.05, 4.69) is 13.8 Å². The Morgan fingerprint density at radius 2 is 1.53 bits per heavy atom. The minimum absolute atomic E-state index is 0.135. The van der Waals surface area contributed by atoms with Gasteiger partial charge in [0.2, 0.25) is 5.79 Å². The molecule has 0 aliphatic heterocycles. The van der Waals surface area contributed by atoms with Crippen LogP contribution in [0.1, 0.15) is 85.0 Å². The highest BCUT2D eigenvalue weighted by Gasteiger charge is 2.65. The van der Waals surface area contributed by atoms with Crippen molar-refractivity contribution in [3.8, 4) is 0 Å². The average molecular weight is 425 g/mol. The summed E-state index contributed by atoms with van der Waals surface area (Å²) in [6, 6.07) is 0. The second-order valence-corrected chi connectivity index (χ2v) is 11.6. The number of hydrogen-bond donors (Lipinski definition) is 5. The monoisotopic (exact) mass is 424 g/mol. The third kappa shape index (κ3) is 2.93. The van der Waals surface area contributed by atoms with E-state index in [1.807, 2.05) is 0 Å². The number of aliphatic carboxylic acids is 1. The number of fused-ring (bicyclic) bond motifs is 5. The number of rotatable bonds is 4. The summed E-state index contributed by atoms with van der Waals surface area (Å²) < 4.78 is 0. The molecule has 2 unspecified atom stereocenters. The molecule has 0 aromatic carbocycles. The second-order valence-electron chi connectivity index (χ2n) is 11.6. The van der Waals surface area contributed by atoms with E-state index >= 15 is 0 Å². The smallest absolute Gasteiger partial charge is 0.370 e. The third-order valence-electron chi connectivity index (χ3n) is 10.7. The van der Waals surface area contributed by atoms with Gasteiger partial charge in [0.05, 0.1) is 0 Å². The predicted molar refractivity (Wildman–Crippen MR) is 111 cm³/mol. The maximum atomic E-state index is 11.3. The molecule has 0 radical (unpaired) electrons. The van der Waals surface area contributed by atoms with Crippen LogP contribution in [0.4, 0.5) is 0 Å². The first-order valence-electron chi connectivity index (χ1n) is 12.0. The van der Waals surface area contributed by atoms with Crippen LogP contribution in [0.15, 0.2) is 0 Å². The number of aliphatic hydroxyl groups is 4. The van der Waals surface area contributed by atoms with Crippen LogP contribution in [0.3, 0.4) is 0 Å². The lowest BCUT2D eigenvalue weighted by atomic mass is 9.44. The van der Waals surface area contributed by atoms with Gasteiger partial charge in [-0.3, -0.25) is 0 Å². The zero-order chi connectivity index (χ0) is 22.1. The molecule has 5 N–H and O–H groups in total. The lowest BCUT2D eigenvalue weighted by Gasteiger charge is -2.61. The van der Waals surface area contributed by atoms with E-state index in [0.717, 1.165) is 37.5 Å². The van der Waals surface area contributed by atoms with E-state index in [0.29, 0.717) is 17.3 Å². The first-order chi connectivity index (χ1) is 13.9. The molecule has 4 fully saturated rings. The van der Waals surface area contributed by atoms with Crippen LogP contribution in [0.2, 0.25) is 0 Å². The fourth-order valence-corrected chi connectivity index (χ4v) is 8.91. The molecule has 4 aliphatic carbocycles. The number of carboxylic acid groups (broad SMARTS) is 1. The molecule has 4 saturated carbocycles. The van der Waals surface area contributed by atoms with Crippen molar-refractivity contribution in [2.75, 3.05) is 0 Å². The zero-order valence-electron chi connectivity index (χ0n) is 18.7. The molecule has 6 nitrogen and oxygen atoms in total. The van der Waals surface area contributed by atoms with Gasteiger partial charge in [-0.15, -0.1) is 0 Å². The van der Waals surface area contributed by atoms with Crippen molar-refractivity contribution >= 4 is 5.97 Å². The molecule has 0 aromatic heterocycles. The second kappa shape index (κ2) is 7.16. The van der Waals surface area contributed by atoms with Crippen molar-refractivity contribution in [2.24, 2.45) is 46.3 Å². The van der Waals surface area contributed by atoms with Crippen LogP contribution in [0.5, 0.6) is 0 Å². The largest absolute Gasteiger partial charge is 0.477 e. The van der Waals surface area contributed by atoms with Crippen molar-refractivity contribution in [3.63, 3.8) is 0 Å². The molecular weight excluding hydrogens is 384 g/mol. The summed E-state index contributed by atoms with van der Waals surface area (Å²) in [7, 11) is 0. The summed E-state index contributed by atoms with van der Waals surface area (Å²) in [6.07, 6.45) is 11.8. The van der Waals surface area contributed by atoms with Gasteiger partial charge in [0.15, 0.2) is 0 Å². The summed E-state index contributed by atoms with van der Waals surface area (Å²) in [5.41, 5.74) is 0.294. The first kappa shape index (κ1) is 22.5. The van der Waals surface area contributed by atoms with Gasteiger partial charge in [-0.25, -0.2) is 4.79 Å². The fraction of sp³-hybridized carbons (Fsp3) is 0.958. The van der Waals surface area contributed by atoms with Crippen molar-refractivity contribution in [1.82, 2.24) is 0 Å². The van der Waals surface area contributed by atoms with Crippen molar-refractivity contribution in [2.45, 2.75) is 96.6 Å². The Kier molecular flexibility index (Phi) is 5.37. The van der Waals surface area contributed by atoms with E-state index in [-0.39, 0.29) is 11.3 Å². The highest BCUT2D eigenvalue weighted by Crippen LogP contribution is 2.68. The number of carbonyl (C=O) groups is 1. The van der Waals surface area contributed by atoms with Gasteiger partial charge < -0.3 is 25.5 Å². The third-order valence-corrected chi connectivity index (χ3v) is 10.7. The van der Waals surface area contributed by atoms with Crippen LogP contribution >= 0.6 is 0 Å². The summed E-state index contributed by atoms with van der Waals surface area (Å²) in [5, 5.41) is 50.1. The normalized spacial score (nSPS) is 45.2. The molecule has 8 atom stereocenters. The first-order valence-corrected chi connectivity index (χ1v) is 12.0. The van der Waals surface area contributed by atoms with Crippen molar-refractivity contribution in [1.29, 1.82) is 0 Å². The molecule has 4 rings (SSSR count). The molecule has 30 heavy (non-hydrogen) atoms. The minimum Gasteiger partial charge on any atom is -0.477 e. The molecule has 0 amide bonds. The number of carboxylic acids is 1. The Balaban J connectivity index is 1.59. The molecule has 0 saturated heterocycles. The Morgan fingerprint density at radius 1 is 0.867 bits per heavy atom. The van der Waals surface area contributed by atoms with Crippen LogP contribution in [0, 0.1) is 46.3 Å². The summed E-state index contributed by atoms with van der Waals surface area (Å²) in [4.78, 5) is 11.3. The molecule has 172 valence electrons. The molecule has 0 bridgehead atoms. The van der Waals surface area contributed by atoms with Crippen LogP contribution < -0.4 is 0 Å². The standard InChI is InChI=1S/C24H40O6/c1-14(23(27,28)24(29,30)20(25)26)17-9-10-18-16-8-7-15-6-4-5-12-21(15,2)19(16)11-13-22(17,18)3/h14-19,27-30H,4-13H2,1-3H3,(H,25,26)/t14?,15?,16-,17+,18-,19-,21-,22+/m0/s1. The van der Waals surface area contributed by atoms with Gasteiger partial charge >= 0.3 is 11.8 Å². The Bertz CT molecular complexity index is 689. The lowest BCUT2D eigenvalue weighted by Crippen LogP contribution is -2.65. The quantitative estimate of drug-likeness (QED) is 0.443. The Morgan fingerprint density at radius 3 is 2.20 bits per heavy atom. The van der Waals surface area contributed by atoms with E-state index in [9.17, 15) is 25.2 Å². The van der Waals surface area contributed by atoms with Gasteiger partial charge in [0, 0.05) is 5.92 Å².